The highest BCUT2D eigenvalue weighted by Gasteiger charge is 2.25. The second kappa shape index (κ2) is 10.1. The van der Waals surface area contributed by atoms with Crippen LogP contribution in [-0.2, 0) is 10.0 Å². The molecule has 1 saturated heterocycles. The van der Waals surface area contributed by atoms with Crippen molar-refractivity contribution in [2.24, 2.45) is 0 Å². The summed E-state index contributed by atoms with van der Waals surface area (Å²) in [5.41, 5.74) is 1.82. The first kappa shape index (κ1) is 21.6. The molecule has 0 aromatic heterocycles. The van der Waals surface area contributed by atoms with E-state index in [-0.39, 0.29) is 0 Å². The van der Waals surface area contributed by atoms with Crippen molar-refractivity contribution < 1.29 is 17.9 Å². The molecule has 8 heteroatoms. The molecule has 0 amide bonds. The second-order valence-electron chi connectivity index (χ2n) is 6.56. The number of hydrogen-bond acceptors (Lipinski definition) is 6. The molecule has 2 aromatic rings. The Morgan fingerprint density at radius 3 is 2.33 bits per heavy atom. The average molecular weight is 428 g/mol. The first-order chi connectivity index (χ1) is 14.5. The van der Waals surface area contributed by atoms with Gasteiger partial charge in [0.15, 0.2) is 0 Å². The molecule has 158 valence electrons. The van der Waals surface area contributed by atoms with E-state index < -0.39 is 10.0 Å². The Morgan fingerprint density at radius 2 is 1.67 bits per heavy atom. The molecule has 0 radical (unpaired) electrons. The van der Waals surface area contributed by atoms with Gasteiger partial charge in [0.25, 0.3) is 0 Å². The van der Waals surface area contributed by atoms with Crippen molar-refractivity contribution in [3.05, 3.63) is 65.7 Å². The van der Waals surface area contributed by atoms with E-state index in [0.29, 0.717) is 31.9 Å². The SMILES string of the molecule is COc1ccc(N2CCN(S(=O)(=O)/C=C/NC#Cc3cccc(OC)c3)CC2)cc1. The Hall–Kier alpha value is -3.15. The predicted octanol–water partition coefficient (Wildman–Crippen LogP) is 2.23. The van der Waals surface area contributed by atoms with Crippen molar-refractivity contribution in [2.45, 2.75) is 0 Å². The van der Waals surface area contributed by atoms with E-state index in [4.69, 9.17) is 9.47 Å². The number of nitrogens with one attached hydrogen (secondary N) is 1. The number of piperazine rings is 1. The van der Waals surface area contributed by atoms with Gasteiger partial charge in [-0.25, -0.2) is 8.42 Å². The normalized spacial score (nSPS) is 14.8. The highest BCUT2D eigenvalue weighted by atomic mass is 32.2. The molecule has 0 unspecified atom stereocenters. The number of rotatable bonds is 6. The van der Waals surface area contributed by atoms with Gasteiger partial charge in [0.05, 0.1) is 19.6 Å². The maximum atomic E-state index is 12.5. The molecule has 0 spiro atoms. The smallest absolute Gasteiger partial charge is 0.237 e. The van der Waals surface area contributed by atoms with Gasteiger partial charge in [-0.1, -0.05) is 6.07 Å². The molecule has 30 heavy (non-hydrogen) atoms. The van der Waals surface area contributed by atoms with Crippen LogP contribution in [0.4, 0.5) is 5.69 Å². The first-order valence-electron chi connectivity index (χ1n) is 9.48. The van der Waals surface area contributed by atoms with E-state index in [2.05, 4.69) is 22.2 Å². The van der Waals surface area contributed by atoms with Crippen molar-refractivity contribution in [2.75, 3.05) is 45.3 Å². The molecule has 1 aliphatic heterocycles. The van der Waals surface area contributed by atoms with Crippen LogP contribution in [-0.4, -0.2) is 53.1 Å². The fourth-order valence-electron chi connectivity index (χ4n) is 3.05. The van der Waals surface area contributed by atoms with Gasteiger partial charge in [0.2, 0.25) is 10.0 Å². The molecule has 1 aliphatic rings. The van der Waals surface area contributed by atoms with Crippen molar-refractivity contribution in [1.29, 1.82) is 0 Å². The molecular weight excluding hydrogens is 402 g/mol. The molecule has 1 N–H and O–H groups in total. The van der Waals surface area contributed by atoms with Gasteiger partial charge in [-0.15, -0.1) is 0 Å². The minimum absolute atomic E-state index is 0.425. The van der Waals surface area contributed by atoms with E-state index in [1.54, 1.807) is 20.3 Å². The molecule has 7 nitrogen and oxygen atoms in total. The largest absolute Gasteiger partial charge is 0.497 e. The Morgan fingerprint density at radius 1 is 0.967 bits per heavy atom. The molecule has 3 rings (SSSR count). The standard InChI is InChI=1S/C22H25N3O4S/c1-28-21-8-6-20(7-9-21)24-13-15-25(16-14-24)30(26,27)17-12-23-11-10-19-4-3-5-22(18-19)29-2/h3-9,12,17-18,23H,13-16H2,1-2H3/b17-12+. The lowest BCUT2D eigenvalue weighted by molar-refractivity contribution is 0.389. The van der Waals surface area contributed by atoms with Crippen LogP contribution in [0.1, 0.15) is 5.56 Å². The summed E-state index contributed by atoms with van der Waals surface area (Å²) in [5, 5.41) is 3.85. The summed E-state index contributed by atoms with van der Waals surface area (Å²) >= 11 is 0. The summed E-state index contributed by atoms with van der Waals surface area (Å²) in [5.74, 6) is 4.42. The van der Waals surface area contributed by atoms with Crippen molar-refractivity contribution >= 4 is 15.7 Å². The molecule has 1 heterocycles. The summed E-state index contributed by atoms with van der Waals surface area (Å²) in [6.07, 6.45) is 1.35. The van der Waals surface area contributed by atoms with Gasteiger partial charge in [-0.2, -0.15) is 4.31 Å². The zero-order valence-electron chi connectivity index (χ0n) is 17.0. The summed E-state index contributed by atoms with van der Waals surface area (Å²) in [7, 11) is -0.277. The van der Waals surface area contributed by atoms with Gasteiger partial charge in [0, 0.05) is 49.7 Å². The fraction of sp³-hybridized carbons (Fsp3) is 0.273. The van der Waals surface area contributed by atoms with E-state index in [9.17, 15) is 8.42 Å². The Labute approximate surface area is 177 Å². The lowest BCUT2D eigenvalue weighted by Gasteiger charge is -2.34. The minimum Gasteiger partial charge on any atom is -0.497 e. The van der Waals surface area contributed by atoms with Crippen LogP contribution in [0.5, 0.6) is 11.5 Å². The Balaban J connectivity index is 1.52. The molecule has 0 bridgehead atoms. The third-order valence-electron chi connectivity index (χ3n) is 4.71. The molecule has 1 fully saturated rings. The number of sulfonamides is 1. The van der Waals surface area contributed by atoms with Crippen LogP contribution in [0.15, 0.2) is 60.1 Å². The Kier molecular flexibility index (Phi) is 7.22. The van der Waals surface area contributed by atoms with Crippen molar-refractivity contribution in [3.8, 4) is 23.5 Å². The number of nitrogens with zero attached hydrogens (tertiary/aromatic N) is 2. The van der Waals surface area contributed by atoms with Crippen molar-refractivity contribution in [3.63, 3.8) is 0 Å². The van der Waals surface area contributed by atoms with Crippen LogP contribution in [0.25, 0.3) is 0 Å². The lowest BCUT2D eigenvalue weighted by Crippen LogP contribution is -2.48. The van der Waals surface area contributed by atoms with E-state index in [1.165, 1.54) is 10.5 Å². The maximum absolute atomic E-state index is 12.5. The predicted molar refractivity (Wildman–Crippen MR) is 118 cm³/mol. The lowest BCUT2D eigenvalue weighted by atomic mass is 10.2. The molecule has 0 aliphatic carbocycles. The second-order valence-corrected chi connectivity index (χ2v) is 8.38. The van der Waals surface area contributed by atoms with Gasteiger partial charge in [0.1, 0.15) is 11.5 Å². The minimum atomic E-state index is -3.50. The topological polar surface area (TPSA) is 71.1 Å². The number of ether oxygens (including phenoxy) is 2. The zero-order chi connectivity index (χ0) is 21.4. The van der Waals surface area contributed by atoms with E-state index in [0.717, 1.165) is 22.4 Å². The monoisotopic (exact) mass is 427 g/mol. The Bertz CT molecular complexity index is 1030. The summed E-state index contributed by atoms with van der Waals surface area (Å²) in [6, 6.07) is 17.8. The van der Waals surface area contributed by atoms with Crippen LogP contribution in [0.3, 0.4) is 0 Å². The zero-order valence-corrected chi connectivity index (χ0v) is 17.9. The summed E-state index contributed by atoms with van der Waals surface area (Å²) < 4.78 is 36.8. The van der Waals surface area contributed by atoms with Gasteiger partial charge < -0.3 is 19.7 Å². The van der Waals surface area contributed by atoms with Gasteiger partial charge >= 0.3 is 0 Å². The number of methoxy groups -OCH3 is 2. The highest BCUT2D eigenvalue weighted by molar-refractivity contribution is 7.92. The van der Waals surface area contributed by atoms with Crippen LogP contribution in [0.2, 0.25) is 0 Å². The molecule has 0 saturated carbocycles. The molecular formula is C22H25N3O4S. The van der Waals surface area contributed by atoms with Crippen LogP contribution >= 0.6 is 0 Å². The van der Waals surface area contributed by atoms with Crippen LogP contribution < -0.4 is 19.7 Å². The van der Waals surface area contributed by atoms with Crippen LogP contribution in [0, 0.1) is 12.0 Å². The molecule has 2 aromatic carbocycles. The van der Waals surface area contributed by atoms with Gasteiger partial charge in [-0.05, 0) is 48.4 Å². The van der Waals surface area contributed by atoms with E-state index in [1.807, 2.05) is 42.5 Å². The highest BCUT2D eigenvalue weighted by Crippen LogP contribution is 2.21. The summed E-state index contributed by atoms with van der Waals surface area (Å²) in [4.78, 5) is 2.16. The maximum Gasteiger partial charge on any atom is 0.237 e. The molecule has 0 atom stereocenters. The fourth-order valence-corrected chi connectivity index (χ4v) is 4.14. The van der Waals surface area contributed by atoms with E-state index >= 15 is 0 Å². The van der Waals surface area contributed by atoms with Crippen molar-refractivity contribution in [1.82, 2.24) is 9.62 Å². The quantitative estimate of drug-likeness (QED) is 0.563. The third-order valence-corrected chi connectivity index (χ3v) is 6.27. The average Bonchev–Trinajstić information content (AvgIpc) is 2.79. The van der Waals surface area contributed by atoms with Gasteiger partial charge in [-0.3, -0.25) is 0 Å². The number of anilines is 1. The number of benzene rings is 2. The number of hydrogen-bond donors (Lipinski definition) is 1. The third kappa shape index (κ3) is 5.69. The first-order valence-corrected chi connectivity index (χ1v) is 11.0. The summed E-state index contributed by atoms with van der Waals surface area (Å²) in [6.45, 7) is 2.10.